The Labute approximate surface area is 173 Å². The van der Waals surface area contributed by atoms with Crippen molar-refractivity contribution in [2.45, 2.75) is 49.5 Å². The van der Waals surface area contributed by atoms with E-state index in [0.29, 0.717) is 36.2 Å². The first-order valence-electron chi connectivity index (χ1n) is 10.3. The first-order chi connectivity index (χ1) is 13.5. The number of nitrogens with zero attached hydrogens (tertiary/aromatic N) is 2. The van der Waals surface area contributed by atoms with Gasteiger partial charge in [-0.05, 0) is 74.0 Å². The Morgan fingerprint density at radius 3 is 2.57 bits per heavy atom. The zero-order valence-corrected chi connectivity index (χ0v) is 17.9. The van der Waals surface area contributed by atoms with Gasteiger partial charge in [-0.2, -0.15) is 4.31 Å². The molecule has 3 aliphatic rings. The van der Waals surface area contributed by atoms with Gasteiger partial charge >= 0.3 is 0 Å². The maximum atomic E-state index is 13.1. The van der Waals surface area contributed by atoms with Gasteiger partial charge in [0, 0.05) is 39.3 Å². The maximum Gasteiger partial charge on any atom is 0.243 e. The van der Waals surface area contributed by atoms with Gasteiger partial charge in [0.15, 0.2) is 5.11 Å². The number of rotatable bonds is 4. The molecule has 2 aliphatic heterocycles. The van der Waals surface area contributed by atoms with E-state index in [9.17, 15) is 8.42 Å². The third-order valence-corrected chi connectivity index (χ3v) is 8.29. The fourth-order valence-corrected chi connectivity index (χ4v) is 6.01. The number of hydrogen-bond donors (Lipinski definition) is 1. The topological polar surface area (TPSA) is 61.9 Å². The Morgan fingerprint density at radius 2 is 1.86 bits per heavy atom. The molecule has 0 aromatic heterocycles. The molecule has 2 heterocycles. The minimum Gasteiger partial charge on any atom is -0.376 e. The van der Waals surface area contributed by atoms with E-state index in [2.05, 4.69) is 10.2 Å². The van der Waals surface area contributed by atoms with Gasteiger partial charge < -0.3 is 15.0 Å². The number of hydrogen-bond acceptors (Lipinski definition) is 4. The molecular weight excluding hydrogens is 394 g/mol. The van der Waals surface area contributed by atoms with Gasteiger partial charge in [-0.25, -0.2) is 8.42 Å². The zero-order valence-electron chi connectivity index (χ0n) is 16.2. The SMILES string of the molecule is O=S(=O)(c1ccc2c(c1)CCCC2)N1CCN(C(=S)NC[C@H]2CCCO2)CC1. The first kappa shape index (κ1) is 20.1. The van der Waals surface area contributed by atoms with Crippen LogP contribution in [0, 0.1) is 0 Å². The first-order valence-corrected chi connectivity index (χ1v) is 12.2. The van der Waals surface area contributed by atoms with E-state index in [1.165, 1.54) is 17.5 Å². The number of piperazine rings is 1. The van der Waals surface area contributed by atoms with E-state index >= 15 is 0 Å². The van der Waals surface area contributed by atoms with Crippen molar-refractivity contribution >= 4 is 27.4 Å². The largest absolute Gasteiger partial charge is 0.376 e. The fraction of sp³-hybridized carbons (Fsp3) is 0.650. The predicted molar refractivity (Wildman–Crippen MR) is 113 cm³/mol. The molecule has 0 amide bonds. The highest BCUT2D eigenvalue weighted by molar-refractivity contribution is 7.89. The lowest BCUT2D eigenvalue weighted by atomic mass is 9.92. The standard InChI is InChI=1S/C20H29N3O3S2/c24-28(25,19-8-7-16-4-1-2-5-17(16)14-19)23-11-9-22(10-12-23)20(27)21-15-18-6-3-13-26-18/h7-8,14,18H,1-6,9-13,15H2,(H,21,27)/t18-/m1/s1. The lowest BCUT2D eigenvalue weighted by molar-refractivity contribution is 0.113. The highest BCUT2D eigenvalue weighted by Gasteiger charge is 2.30. The van der Waals surface area contributed by atoms with Gasteiger partial charge in [0.25, 0.3) is 0 Å². The van der Waals surface area contributed by atoms with Gasteiger partial charge in [0.1, 0.15) is 0 Å². The number of nitrogens with one attached hydrogen (secondary N) is 1. The van der Waals surface area contributed by atoms with E-state index in [0.717, 1.165) is 45.3 Å². The summed E-state index contributed by atoms with van der Waals surface area (Å²) in [4.78, 5) is 2.49. The van der Waals surface area contributed by atoms with Crippen LogP contribution in [-0.4, -0.2) is 68.2 Å². The lowest BCUT2D eigenvalue weighted by Gasteiger charge is -2.35. The summed E-state index contributed by atoms with van der Waals surface area (Å²) in [5, 5.41) is 3.97. The molecule has 28 heavy (non-hydrogen) atoms. The predicted octanol–water partition coefficient (Wildman–Crippen LogP) is 1.93. The summed E-state index contributed by atoms with van der Waals surface area (Å²) in [6.45, 7) is 3.70. The molecule has 0 saturated carbocycles. The highest BCUT2D eigenvalue weighted by Crippen LogP contribution is 2.26. The average molecular weight is 424 g/mol. The van der Waals surface area contributed by atoms with Crippen LogP contribution in [0.1, 0.15) is 36.8 Å². The molecule has 0 unspecified atom stereocenters. The van der Waals surface area contributed by atoms with Crippen LogP contribution in [-0.2, 0) is 27.6 Å². The minimum absolute atomic E-state index is 0.239. The molecule has 1 aliphatic carbocycles. The van der Waals surface area contributed by atoms with E-state index in [1.807, 2.05) is 12.1 Å². The van der Waals surface area contributed by atoms with Crippen molar-refractivity contribution in [1.82, 2.24) is 14.5 Å². The lowest BCUT2D eigenvalue weighted by Crippen LogP contribution is -2.53. The van der Waals surface area contributed by atoms with Crippen LogP contribution in [0.2, 0.25) is 0 Å². The van der Waals surface area contributed by atoms with Crippen molar-refractivity contribution in [3.8, 4) is 0 Å². The number of benzene rings is 1. The second-order valence-corrected chi connectivity index (χ2v) is 10.2. The second-order valence-electron chi connectivity index (χ2n) is 7.85. The summed E-state index contributed by atoms with van der Waals surface area (Å²) in [5.41, 5.74) is 2.50. The minimum atomic E-state index is -3.45. The van der Waals surface area contributed by atoms with E-state index < -0.39 is 10.0 Å². The van der Waals surface area contributed by atoms with Crippen molar-refractivity contribution in [3.05, 3.63) is 29.3 Å². The molecule has 8 heteroatoms. The Hall–Kier alpha value is -1.22. The fourth-order valence-electron chi connectivity index (χ4n) is 4.27. The summed E-state index contributed by atoms with van der Waals surface area (Å²) in [6, 6.07) is 5.67. The normalized spacial score (nSPS) is 23.4. The van der Waals surface area contributed by atoms with E-state index in [4.69, 9.17) is 17.0 Å². The molecule has 6 nitrogen and oxygen atoms in total. The summed E-state index contributed by atoms with van der Waals surface area (Å²) in [5.74, 6) is 0. The molecule has 0 bridgehead atoms. The van der Waals surface area contributed by atoms with Crippen LogP contribution in [0.5, 0.6) is 0 Å². The Balaban J connectivity index is 1.34. The summed E-state index contributed by atoms with van der Waals surface area (Å²) in [7, 11) is -3.45. The third-order valence-electron chi connectivity index (χ3n) is 5.99. The molecule has 1 aromatic rings. The van der Waals surface area contributed by atoms with Crippen LogP contribution < -0.4 is 5.32 Å². The smallest absolute Gasteiger partial charge is 0.243 e. The number of aryl methyl sites for hydroxylation is 2. The molecule has 1 atom stereocenters. The quantitative estimate of drug-likeness (QED) is 0.747. The monoisotopic (exact) mass is 423 g/mol. The van der Waals surface area contributed by atoms with Crippen molar-refractivity contribution < 1.29 is 13.2 Å². The summed E-state index contributed by atoms with van der Waals surface area (Å²) >= 11 is 5.49. The van der Waals surface area contributed by atoms with Crippen molar-refractivity contribution in [2.24, 2.45) is 0 Å². The van der Waals surface area contributed by atoms with Crippen LogP contribution in [0.4, 0.5) is 0 Å². The molecule has 2 saturated heterocycles. The number of thiocarbonyl (C=S) groups is 1. The molecule has 1 N–H and O–H groups in total. The van der Waals surface area contributed by atoms with Crippen LogP contribution >= 0.6 is 12.2 Å². The Bertz CT molecular complexity index is 814. The summed E-state index contributed by atoms with van der Waals surface area (Å²) < 4.78 is 33.4. The van der Waals surface area contributed by atoms with Crippen LogP contribution in [0.3, 0.4) is 0 Å². The van der Waals surface area contributed by atoms with E-state index in [-0.39, 0.29) is 6.10 Å². The molecule has 0 radical (unpaired) electrons. The Kier molecular flexibility index (Phi) is 6.20. The molecule has 2 fully saturated rings. The van der Waals surface area contributed by atoms with Crippen molar-refractivity contribution in [1.29, 1.82) is 0 Å². The average Bonchev–Trinajstić information content (AvgIpc) is 3.25. The molecular formula is C20H29N3O3S2. The van der Waals surface area contributed by atoms with Gasteiger partial charge in [-0.3, -0.25) is 0 Å². The van der Waals surface area contributed by atoms with Gasteiger partial charge in [0.05, 0.1) is 11.0 Å². The molecule has 1 aromatic carbocycles. The Morgan fingerprint density at radius 1 is 1.11 bits per heavy atom. The third kappa shape index (κ3) is 4.35. The number of sulfonamides is 1. The molecule has 4 rings (SSSR count). The van der Waals surface area contributed by atoms with Crippen molar-refractivity contribution in [3.63, 3.8) is 0 Å². The van der Waals surface area contributed by atoms with Crippen molar-refractivity contribution in [2.75, 3.05) is 39.3 Å². The second kappa shape index (κ2) is 8.65. The van der Waals surface area contributed by atoms with Crippen LogP contribution in [0.25, 0.3) is 0 Å². The van der Waals surface area contributed by atoms with Gasteiger partial charge in [-0.1, -0.05) is 6.07 Å². The van der Waals surface area contributed by atoms with Crippen LogP contribution in [0.15, 0.2) is 23.1 Å². The van der Waals surface area contributed by atoms with Gasteiger partial charge in [-0.15, -0.1) is 0 Å². The highest BCUT2D eigenvalue weighted by atomic mass is 32.2. The number of ether oxygens (including phenoxy) is 1. The zero-order chi connectivity index (χ0) is 19.6. The summed E-state index contributed by atoms with van der Waals surface area (Å²) in [6.07, 6.45) is 6.80. The number of fused-ring (bicyclic) bond motifs is 1. The van der Waals surface area contributed by atoms with Gasteiger partial charge in [0.2, 0.25) is 10.0 Å². The molecule has 0 spiro atoms. The maximum absolute atomic E-state index is 13.1. The molecule has 154 valence electrons. The van der Waals surface area contributed by atoms with E-state index in [1.54, 1.807) is 10.4 Å².